The average Bonchev–Trinajstić information content (AvgIpc) is 3.34. The summed E-state index contributed by atoms with van der Waals surface area (Å²) in [5, 5.41) is 0. The normalized spacial score (nSPS) is 28.4. The molecule has 1 saturated carbocycles. The van der Waals surface area contributed by atoms with Crippen molar-refractivity contribution < 1.29 is 22.7 Å². The van der Waals surface area contributed by atoms with Gasteiger partial charge in [-0.15, -0.1) is 0 Å². The highest BCUT2D eigenvalue weighted by molar-refractivity contribution is 7.88. The van der Waals surface area contributed by atoms with E-state index in [4.69, 9.17) is 9.47 Å². The highest BCUT2D eigenvalue weighted by atomic mass is 32.2. The summed E-state index contributed by atoms with van der Waals surface area (Å²) in [5.41, 5.74) is 4.11. The molecule has 2 aliphatic heterocycles. The number of carbonyl (C=O) groups is 1. The van der Waals surface area contributed by atoms with Crippen molar-refractivity contribution in [2.75, 3.05) is 13.1 Å². The summed E-state index contributed by atoms with van der Waals surface area (Å²) in [7, 11) is -3.70. The van der Waals surface area contributed by atoms with Gasteiger partial charge in [0.25, 0.3) is 0 Å². The van der Waals surface area contributed by atoms with Crippen LogP contribution in [0.5, 0.6) is 5.75 Å². The Hall–Kier alpha value is -3.20. The molecule has 3 aromatic rings. The van der Waals surface area contributed by atoms with Crippen molar-refractivity contribution in [2.45, 2.75) is 94.3 Å². The Morgan fingerprint density at radius 3 is 2.53 bits per heavy atom. The van der Waals surface area contributed by atoms with E-state index in [1.807, 2.05) is 42.5 Å². The maximum absolute atomic E-state index is 13.9. The van der Waals surface area contributed by atoms with Crippen molar-refractivity contribution in [3.8, 4) is 5.75 Å². The first-order valence-electron chi connectivity index (χ1n) is 16.5. The molecule has 45 heavy (non-hydrogen) atoms. The molecule has 1 saturated heterocycles. The number of carbonyl (C=O) groups excluding carboxylic acids is 1. The molecule has 2 heterocycles. The first-order chi connectivity index (χ1) is 21.6. The molecule has 1 N–H and O–H groups in total. The largest absolute Gasteiger partial charge is 0.487 e. The third-order valence-corrected chi connectivity index (χ3v) is 12.1. The van der Waals surface area contributed by atoms with Crippen LogP contribution in [-0.4, -0.2) is 56.2 Å². The molecule has 0 radical (unpaired) electrons. The van der Waals surface area contributed by atoms with Crippen LogP contribution in [-0.2, 0) is 50.0 Å². The Labute approximate surface area is 267 Å². The van der Waals surface area contributed by atoms with Crippen molar-refractivity contribution in [3.05, 3.63) is 101 Å². The van der Waals surface area contributed by atoms with Crippen LogP contribution in [0.3, 0.4) is 0 Å². The van der Waals surface area contributed by atoms with Gasteiger partial charge in [-0.05, 0) is 79.3 Å². The summed E-state index contributed by atoms with van der Waals surface area (Å²) in [6.07, 6.45) is 3.87. The zero-order valence-electron chi connectivity index (χ0n) is 26.5. The molecule has 3 aromatic carbocycles. The minimum atomic E-state index is -3.70. The maximum Gasteiger partial charge on any atom is 0.303 e. The number of benzene rings is 3. The number of ether oxygens (including phenoxy) is 2. The highest BCUT2D eigenvalue weighted by Gasteiger charge is 2.75. The first-order valence-corrected chi connectivity index (χ1v) is 18.1. The van der Waals surface area contributed by atoms with Gasteiger partial charge in [-0.1, -0.05) is 80.6 Å². The SMILES string of the molecule is CC(=O)O[C@@]12CC[C@@H](NS(=O)(=O)Cc3ccccc3CC(C)C)[C@@H]3Oc4cccc5c4[C@@]31CCN(CCc1ccccc1)[C@@H]2C5. The molecule has 2 fully saturated rings. The van der Waals surface area contributed by atoms with E-state index in [1.165, 1.54) is 18.1 Å². The van der Waals surface area contributed by atoms with E-state index in [0.717, 1.165) is 61.2 Å². The van der Waals surface area contributed by atoms with Gasteiger partial charge in [0.15, 0.2) is 0 Å². The Bertz CT molecular complexity index is 1690. The first kappa shape index (κ1) is 30.5. The second-order valence-corrected chi connectivity index (χ2v) is 15.7. The van der Waals surface area contributed by atoms with Gasteiger partial charge in [-0.25, -0.2) is 13.1 Å². The van der Waals surface area contributed by atoms with E-state index in [2.05, 4.69) is 53.8 Å². The number of nitrogens with zero attached hydrogens (tertiary/aromatic N) is 1. The second-order valence-electron chi connectivity index (χ2n) is 13.9. The van der Waals surface area contributed by atoms with Crippen LogP contribution in [0.2, 0.25) is 0 Å². The van der Waals surface area contributed by atoms with Gasteiger partial charge in [0, 0.05) is 19.0 Å². The van der Waals surface area contributed by atoms with Crippen molar-refractivity contribution in [1.29, 1.82) is 0 Å². The number of likely N-dealkylation sites (tertiary alicyclic amines) is 1. The molecule has 238 valence electrons. The minimum absolute atomic E-state index is 0.0220. The van der Waals surface area contributed by atoms with Gasteiger partial charge in [-0.3, -0.25) is 9.69 Å². The zero-order chi connectivity index (χ0) is 31.4. The summed E-state index contributed by atoms with van der Waals surface area (Å²) in [4.78, 5) is 15.5. The lowest BCUT2D eigenvalue weighted by Gasteiger charge is -2.65. The van der Waals surface area contributed by atoms with Gasteiger partial charge >= 0.3 is 5.97 Å². The molecule has 7 rings (SSSR count). The van der Waals surface area contributed by atoms with Gasteiger partial charge in [0.05, 0.1) is 23.3 Å². The van der Waals surface area contributed by atoms with Crippen LogP contribution in [0.1, 0.15) is 67.9 Å². The van der Waals surface area contributed by atoms with Crippen LogP contribution < -0.4 is 9.46 Å². The fraction of sp³-hybridized carbons (Fsp3) is 0.486. The molecule has 4 aliphatic rings. The van der Waals surface area contributed by atoms with Crippen molar-refractivity contribution in [3.63, 3.8) is 0 Å². The van der Waals surface area contributed by atoms with E-state index in [9.17, 15) is 13.2 Å². The Morgan fingerprint density at radius 2 is 1.78 bits per heavy atom. The molecular weight excluding hydrogens is 584 g/mol. The molecule has 0 unspecified atom stereocenters. The van der Waals surface area contributed by atoms with E-state index in [-0.39, 0.29) is 17.8 Å². The molecule has 2 bridgehead atoms. The quantitative estimate of drug-likeness (QED) is 0.305. The third kappa shape index (κ3) is 5.19. The van der Waals surface area contributed by atoms with Crippen LogP contribution >= 0.6 is 0 Å². The summed E-state index contributed by atoms with van der Waals surface area (Å²) >= 11 is 0. The molecule has 0 amide bonds. The monoisotopic (exact) mass is 628 g/mol. The van der Waals surface area contributed by atoms with Gasteiger partial charge < -0.3 is 9.47 Å². The third-order valence-electron chi connectivity index (χ3n) is 10.7. The van der Waals surface area contributed by atoms with Crippen LogP contribution in [0.4, 0.5) is 0 Å². The number of piperidine rings is 1. The van der Waals surface area contributed by atoms with E-state index in [1.54, 1.807) is 0 Å². The molecule has 5 atom stereocenters. The topological polar surface area (TPSA) is 84.9 Å². The maximum atomic E-state index is 13.9. The van der Waals surface area contributed by atoms with Crippen LogP contribution in [0.15, 0.2) is 72.8 Å². The van der Waals surface area contributed by atoms with E-state index >= 15 is 0 Å². The summed E-state index contributed by atoms with van der Waals surface area (Å²) in [6.45, 7) is 7.49. The minimum Gasteiger partial charge on any atom is -0.487 e. The number of hydrogen-bond acceptors (Lipinski definition) is 6. The van der Waals surface area contributed by atoms with Crippen LogP contribution in [0, 0.1) is 5.92 Å². The second kappa shape index (κ2) is 11.6. The Kier molecular flexibility index (Phi) is 7.82. The molecular formula is C37H44N2O5S. The molecule has 1 spiro atoms. The molecule has 0 aromatic heterocycles. The van der Waals surface area contributed by atoms with Gasteiger partial charge in [0.2, 0.25) is 10.0 Å². The van der Waals surface area contributed by atoms with Crippen molar-refractivity contribution >= 4 is 16.0 Å². The van der Waals surface area contributed by atoms with Crippen molar-refractivity contribution in [2.24, 2.45) is 5.92 Å². The molecule has 8 heteroatoms. The Morgan fingerprint density at radius 1 is 1.02 bits per heavy atom. The summed E-state index contributed by atoms with van der Waals surface area (Å²) < 4.78 is 44.2. The lowest BCUT2D eigenvalue weighted by Crippen LogP contribution is -2.79. The number of rotatable bonds is 10. The summed E-state index contributed by atoms with van der Waals surface area (Å²) in [6, 6.07) is 24.1. The smallest absolute Gasteiger partial charge is 0.303 e. The Balaban J connectivity index is 1.23. The fourth-order valence-corrected chi connectivity index (χ4v) is 10.6. The lowest BCUT2D eigenvalue weighted by atomic mass is 9.48. The number of sulfonamides is 1. The average molecular weight is 629 g/mol. The molecule has 7 nitrogen and oxygen atoms in total. The number of nitrogens with one attached hydrogen (secondary N) is 1. The van der Waals surface area contributed by atoms with E-state index in [0.29, 0.717) is 18.8 Å². The lowest BCUT2D eigenvalue weighted by molar-refractivity contribution is -0.218. The van der Waals surface area contributed by atoms with Crippen LogP contribution in [0.25, 0.3) is 0 Å². The fourth-order valence-electron chi connectivity index (χ4n) is 9.16. The van der Waals surface area contributed by atoms with Gasteiger partial charge in [-0.2, -0.15) is 0 Å². The standard InChI is InChI=1S/C37H44N2O5S/c1-25(2)22-28-12-7-8-13-30(28)24-45(41,42)38-31-16-18-37(44-26(3)40)33-23-29-14-9-15-32-34(29)36(37,35(31)43-32)19-21-39(33)20-17-27-10-5-4-6-11-27/h4-15,25,31,33,35,38H,16-24H2,1-3H3/t31-,33-,35+,36+,37-/m1/s1. The number of esters is 1. The molecule has 2 aliphatic carbocycles. The highest BCUT2D eigenvalue weighted by Crippen LogP contribution is 2.65. The zero-order valence-corrected chi connectivity index (χ0v) is 27.3. The predicted octanol–water partition coefficient (Wildman–Crippen LogP) is 5.34. The van der Waals surface area contributed by atoms with Crippen molar-refractivity contribution in [1.82, 2.24) is 9.62 Å². The summed E-state index contributed by atoms with van der Waals surface area (Å²) in [5.74, 6) is 0.858. The van der Waals surface area contributed by atoms with E-state index < -0.39 is 33.2 Å². The number of hydrogen-bond donors (Lipinski definition) is 1. The van der Waals surface area contributed by atoms with Gasteiger partial charge in [0.1, 0.15) is 17.5 Å². The predicted molar refractivity (Wildman–Crippen MR) is 175 cm³/mol.